The molecule has 1 aliphatic rings. The summed E-state index contributed by atoms with van der Waals surface area (Å²) < 4.78 is 12.6. The fourth-order valence-corrected chi connectivity index (χ4v) is 3.95. The van der Waals surface area contributed by atoms with Crippen molar-refractivity contribution in [3.05, 3.63) is 52.3 Å². The zero-order chi connectivity index (χ0) is 19.6. The summed E-state index contributed by atoms with van der Waals surface area (Å²) in [5.41, 5.74) is 0.814. The van der Waals surface area contributed by atoms with Crippen LogP contribution in [0.2, 0.25) is 0 Å². The molecular formula is C19H21N3O4S. The van der Waals surface area contributed by atoms with Crippen LogP contribution in [-0.2, 0) is 11.8 Å². The van der Waals surface area contributed by atoms with Crippen molar-refractivity contribution in [1.82, 2.24) is 9.55 Å². The number of anilines is 1. The average Bonchev–Trinajstić information content (AvgIpc) is 2.68. The molecule has 0 radical (unpaired) electrons. The first-order chi connectivity index (χ1) is 13.0. The number of amides is 1. The molecule has 2 aromatic rings. The van der Waals surface area contributed by atoms with Crippen LogP contribution in [0.4, 0.5) is 5.82 Å². The van der Waals surface area contributed by atoms with Crippen molar-refractivity contribution in [3.63, 3.8) is 0 Å². The van der Waals surface area contributed by atoms with Gasteiger partial charge in [0, 0.05) is 30.7 Å². The third-order valence-corrected chi connectivity index (χ3v) is 5.47. The monoisotopic (exact) mass is 387 g/mol. The van der Waals surface area contributed by atoms with E-state index in [0.29, 0.717) is 33.8 Å². The standard InChI is InChI=1S/C19H21N3O4S/c1-5-9-27-19-21-18(24)15-12(10-14(23)20-17(15)22(19)2)11-7-6-8-13(25-3)16(11)26-4/h5-8,12H,1,9-10H2,2-4H3,(H,20,23). The van der Waals surface area contributed by atoms with Gasteiger partial charge in [-0.15, -0.1) is 6.58 Å². The first-order valence-corrected chi connectivity index (χ1v) is 9.35. The van der Waals surface area contributed by atoms with Gasteiger partial charge in [0.05, 0.1) is 19.8 Å². The van der Waals surface area contributed by atoms with Gasteiger partial charge < -0.3 is 19.4 Å². The van der Waals surface area contributed by atoms with Gasteiger partial charge in [-0.2, -0.15) is 4.98 Å². The maximum Gasteiger partial charge on any atom is 0.279 e. The van der Waals surface area contributed by atoms with Gasteiger partial charge >= 0.3 is 0 Å². The highest BCUT2D eigenvalue weighted by Gasteiger charge is 2.34. The van der Waals surface area contributed by atoms with Gasteiger partial charge in [-0.1, -0.05) is 30.0 Å². The summed E-state index contributed by atoms with van der Waals surface area (Å²) in [6.07, 6.45) is 1.87. The largest absolute Gasteiger partial charge is 0.493 e. The van der Waals surface area contributed by atoms with E-state index in [2.05, 4.69) is 16.9 Å². The highest BCUT2D eigenvalue weighted by molar-refractivity contribution is 7.99. The molecule has 7 nitrogen and oxygen atoms in total. The molecule has 1 aromatic carbocycles. The fraction of sp³-hybridized carbons (Fsp3) is 0.316. The quantitative estimate of drug-likeness (QED) is 0.466. The van der Waals surface area contributed by atoms with Crippen molar-refractivity contribution in [2.24, 2.45) is 7.05 Å². The van der Waals surface area contributed by atoms with Crippen LogP contribution in [0.25, 0.3) is 0 Å². The molecule has 0 saturated carbocycles. The van der Waals surface area contributed by atoms with Crippen LogP contribution in [-0.4, -0.2) is 35.4 Å². The minimum absolute atomic E-state index is 0.132. The lowest BCUT2D eigenvalue weighted by Crippen LogP contribution is -2.33. The van der Waals surface area contributed by atoms with Crippen LogP contribution in [0.1, 0.15) is 23.5 Å². The van der Waals surface area contributed by atoms with E-state index >= 15 is 0 Å². The van der Waals surface area contributed by atoms with E-state index < -0.39 is 5.92 Å². The number of methoxy groups -OCH3 is 2. The van der Waals surface area contributed by atoms with E-state index in [4.69, 9.17) is 9.47 Å². The lowest BCUT2D eigenvalue weighted by Gasteiger charge is -2.28. The van der Waals surface area contributed by atoms with E-state index in [1.807, 2.05) is 12.1 Å². The lowest BCUT2D eigenvalue weighted by molar-refractivity contribution is -0.116. The highest BCUT2D eigenvalue weighted by atomic mass is 32.2. The van der Waals surface area contributed by atoms with Crippen LogP contribution in [0.15, 0.2) is 40.8 Å². The van der Waals surface area contributed by atoms with Gasteiger partial charge in [-0.25, -0.2) is 0 Å². The number of aromatic nitrogens is 2. The number of benzene rings is 1. The van der Waals surface area contributed by atoms with Gasteiger partial charge in [0.1, 0.15) is 5.82 Å². The second-order valence-electron chi connectivity index (χ2n) is 6.01. The Bertz CT molecular complexity index is 955. The molecular weight excluding hydrogens is 366 g/mol. The number of carbonyl (C=O) groups excluding carboxylic acids is 1. The number of hydrogen-bond donors (Lipinski definition) is 1. The Morgan fingerprint density at radius 3 is 2.81 bits per heavy atom. The zero-order valence-corrected chi connectivity index (χ0v) is 16.3. The average molecular weight is 387 g/mol. The normalized spacial score (nSPS) is 15.7. The van der Waals surface area contributed by atoms with Gasteiger partial charge in [0.15, 0.2) is 16.7 Å². The lowest BCUT2D eigenvalue weighted by atomic mass is 9.86. The minimum Gasteiger partial charge on any atom is -0.493 e. The molecule has 1 aliphatic heterocycles. The number of thioether (sulfide) groups is 1. The number of para-hydroxylation sites is 1. The molecule has 27 heavy (non-hydrogen) atoms. The van der Waals surface area contributed by atoms with Crippen molar-refractivity contribution < 1.29 is 14.3 Å². The number of carbonyl (C=O) groups is 1. The highest BCUT2D eigenvalue weighted by Crippen LogP contribution is 2.42. The van der Waals surface area contributed by atoms with Crippen molar-refractivity contribution in [1.29, 1.82) is 0 Å². The Hall–Kier alpha value is -2.74. The van der Waals surface area contributed by atoms with E-state index in [9.17, 15) is 9.59 Å². The summed E-state index contributed by atoms with van der Waals surface area (Å²) >= 11 is 1.38. The summed E-state index contributed by atoms with van der Waals surface area (Å²) in [5.74, 6) is 1.50. The Balaban J connectivity index is 2.21. The van der Waals surface area contributed by atoms with Gasteiger partial charge in [-0.3, -0.25) is 9.59 Å². The topological polar surface area (TPSA) is 82.5 Å². The summed E-state index contributed by atoms with van der Waals surface area (Å²) in [6, 6.07) is 5.43. The van der Waals surface area contributed by atoms with Crippen LogP contribution < -0.4 is 20.3 Å². The van der Waals surface area contributed by atoms with E-state index in [1.54, 1.807) is 30.9 Å². The molecule has 142 valence electrons. The predicted molar refractivity (Wildman–Crippen MR) is 105 cm³/mol. The van der Waals surface area contributed by atoms with Crippen LogP contribution in [0, 0.1) is 0 Å². The first-order valence-electron chi connectivity index (χ1n) is 8.37. The number of ether oxygens (including phenoxy) is 2. The third-order valence-electron chi connectivity index (χ3n) is 4.44. The Morgan fingerprint density at radius 1 is 1.37 bits per heavy atom. The number of fused-ring (bicyclic) bond motifs is 1. The molecule has 3 rings (SSSR count). The molecule has 0 fully saturated rings. The Morgan fingerprint density at radius 2 is 2.15 bits per heavy atom. The number of hydrogen-bond acceptors (Lipinski definition) is 6. The SMILES string of the molecule is C=CCSc1nc(=O)c2c(n1C)NC(=O)CC2c1cccc(OC)c1OC. The van der Waals surface area contributed by atoms with Crippen molar-refractivity contribution in [3.8, 4) is 11.5 Å². The second kappa shape index (κ2) is 7.87. The van der Waals surface area contributed by atoms with Crippen LogP contribution in [0.5, 0.6) is 11.5 Å². The molecule has 1 atom stereocenters. The molecule has 1 aromatic heterocycles. The summed E-state index contributed by atoms with van der Waals surface area (Å²) in [6.45, 7) is 3.68. The Labute approximate surface area is 161 Å². The van der Waals surface area contributed by atoms with Gasteiger partial charge in [0.2, 0.25) is 5.91 Å². The number of nitrogens with one attached hydrogen (secondary N) is 1. The number of rotatable bonds is 6. The molecule has 1 unspecified atom stereocenters. The maximum atomic E-state index is 12.9. The van der Waals surface area contributed by atoms with Gasteiger partial charge in [-0.05, 0) is 6.07 Å². The predicted octanol–water partition coefficient (Wildman–Crippen LogP) is 2.55. The smallest absolute Gasteiger partial charge is 0.279 e. The zero-order valence-electron chi connectivity index (χ0n) is 15.4. The minimum atomic E-state index is -0.469. The number of nitrogens with zero attached hydrogens (tertiary/aromatic N) is 2. The first kappa shape index (κ1) is 19.0. The maximum absolute atomic E-state index is 12.9. The van der Waals surface area contributed by atoms with Gasteiger partial charge in [0.25, 0.3) is 5.56 Å². The van der Waals surface area contributed by atoms with Crippen LogP contribution >= 0.6 is 11.8 Å². The third kappa shape index (κ3) is 3.44. The van der Waals surface area contributed by atoms with Crippen molar-refractivity contribution in [2.45, 2.75) is 17.5 Å². The molecule has 1 N–H and O–H groups in total. The summed E-state index contributed by atoms with van der Waals surface area (Å²) in [4.78, 5) is 29.5. The molecule has 0 saturated heterocycles. The van der Waals surface area contributed by atoms with E-state index in [1.165, 1.54) is 18.9 Å². The summed E-state index contributed by atoms with van der Waals surface area (Å²) in [7, 11) is 4.87. The second-order valence-corrected chi connectivity index (χ2v) is 7.00. The molecule has 0 spiro atoms. The van der Waals surface area contributed by atoms with Crippen molar-refractivity contribution in [2.75, 3.05) is 25.3 Å². The molecule has 0 bridgehead atoms. The van der Waals surface area contributed by atoms with Crippen molar-refractivity contribution >= 4 is 23.5 Å². The van der Waals surface area contributed by atoms with Crippen LogP contribution in [0.3, 0.4) is 0 Å². The van der Waals surface area contributed by atoms with E-state index in [-0.39, 0.29) is 17.9 Å². The molecule has 1 amide bonds. The molecule has 2 heterocycles. The summed E-state index contributed by atoms with van der Waals surface area (Å²) in [5, 5.41) is 3.35. The molecule has 0 aliphatic carbocycles. The molecule has 8 heteroatoms. The van der Waals surface area contributed by atoms with E-state index in [0.717, 1.165) is 5.56 Å². The Kier molecular flexibility index (Phi) is 5.55. The fourth-order valence-electron chi connectivity index (χ4n) is 3.25.